The molecule has 2 aliphatic heterocycles. The number of ether oxygens (including phenoxy) is 1. The predicted octanol–water partition coefficient (Wildman–Crippen LogP) is 0.497. The van der Waals surface area contributed by atoms with Gasteiger partial charge in [0.05, 0.1) is 6.10 Å². The Bertz CT molecular complexity index is 386. The normalized spacial score (nSPS) is 29.5. The molecule has 0 radical (unpaired) electrons. The zero-order chi connectivity index (χ0) is 12.4. The molecule has 0 bridgehead atoms. The largest absolute Gasteiger partial charge is 0.378 e. The summed E-state index contributed by atoms with van der Waals surface area (Å²) < 4.78 is 5.58. The third kappa shape index (κ3) is 2.35. The van der Waals surface area contributed by atoms with Crippen LogP contribution in [0.2, 0.25) is 0 Å². The summed E-state index contributed by atoms with van der Waals surface area (Å²) in [6, 6.07) is 0. The van der Waals surface area contributed by atoms with E-state index >= 15 is 0 Å². The van der Waals surface area contributed by atoms with Crippen molar-refractivity contribution in [1.29, 1.82) is 0 Å². The molecule has 18 heavy (non-hydrogen) atoms. The molecule has 2 unspecified atom stereocenters. The molecule has 2 aliphatic rings. The molecular weight excluding hydrogens is 230 g/mol. The molecule has 2 atom stereocenters. The fourth-order valence-electron chi connectivity index (χ4n) is 2.71. The van der Waals surface area contributed by atoms with E-state index in [0.29, 0.717) is 5.92 Å². The van der Waals surface area contributed by atoms with Crippen molar-refractivity contribution in [2.45, 2.75) is 31.8 Å². The van der Waals surface area contributed by atoms with Crippen LogP contribution in [0.15, 0.2) is 0 Å². The van der Waals surface area contributed by atoms with E-state index in [1.54, 1.807) is 0 Å². The van der Waals surface area contributed by atoms with Gasteiger partial charge in [-0.3, -0.25) is 5.10 Å². The number of aromatic amines is 1. The molecule has 6 nitrogen and oxygen atoms in total. The summed E-state index contributed by atoms with van der Waals surface area (Å²) in [5, 5.41) is 10.8. The fourth-order valence-corrected chi connectivity index (χ4v) is 2.71. The second-order valence-corrected chi connectivity index (χ2v) is 5.08. The quantitative estimate of drug-likeness (QED) is 0.801. The highest BCUT2D eigenvalue weighted by Crippen LogP contribution is 2.29. The molecule has 3 rings (SSSR count). The smallest absolute Gasteiger partial charge is 0.244 e. The van der Waals surface area contributed by atoms with Gasteiger partial charge >= 0.3 is 0 Å². The molecule has 3 heterocycles. The summed E-state index contributed by atoms with van der Waals surface area (Å²) in [5.41, 5.74) is 0. The molecule has 0 saturated carbocycles. The van der Waals surface area contributed by atoms with Gasteiger partial charge in [-0.2, -0.15) is 4.98 Å². The molecule has 0 aliphatic carbocycles. The molecule has 2 N–H and O–H groups in total. The number of nitrogens with zero attached hydrogens (tertiary/aromatic N) is 3. The Balaban J connectivity index is 1.72. The molecular formula is C12H21N5O. The van der Waals surface area contributed by atoms with Gasteiger partial charge in [-0.05, 0) is 26.3 Å². The monoisotopic (exact) mass is 251 g/mol. The summed E-state index contributed by atoms with van der Waals surface area (Å²) in [6.07, 6.45) is 2.43. The van der Waals surface area contributed by atoms with Gasteiger partial charge in [0.2, 0.25) is 5.95 Å². The van der Waals surface area contributed by atoms with Crippen LogP contribution < -0.4 is 10.2 Å². The molecule has 100 valence electrons. The van der Waals surface area contributed by atoms with Crippen molar-refractivity contribution in [2.75, 3.05) is 37.7 Å². The van der Waals surface area contributed by atoms with Crippen LogP contribution in [0.3, 0.4) is 0 Å². The second kappa shape index (κ2) is 5.24. The third-order valence-electron chi connectivity index (χ3n) is 3.84. The molecule has 6 heteroatoms. The van der Waals surface area contributed by atoms with E-state index in [-0.39, 0.29) is 6.10 Å². The molecule has 0 amide bonds. The highest BCUT2D eigenvalue weighted by atomic mass is 16.5. The first kappa shape index (κ1) is 11.9. The summed E-state index contributed by atoms with van der Waals surface area (Å²) >= 11 is 0. The van der Waals surface area contributed by atoms with E-state index in [2.05, 4.69) is 32.3 Å². The van der Waals surface area contributed by atoms with Gasteiger partial charge < -0.3 is 15.0 Å². The maximum atomic E-state index is 5.58. The standard InChI is InChI=1S/C12H21N5O/c1-9-10(3-8-18-9)11-14-12(16-15-11)17-6-2-4-13-5-7-17/h9-10,13H,2-8H2,1H3,(H,14,15,16). The molecule has 1 aromatic rings. The Morgan fingerprint density at radius 3 is 3.11 bits per heavy atom. The van der Waals surface area contributed by atoms with Crippen molar-refractivity contribution in [3.05, 3.63) is 5.82 Å². The Hall–Kier alpha value is -1.14. The lowest BCUT2D eigenvalue weighted by molar-refractivity contribution is 0.117. The van der Waals surface area contributed by atoms with E-state index in [9.17, 15) is 0 Å². The number of hydrogen-bond acceptors (Lipinski definition) is 5. The minimum Gasteiger partial charge on any atom is -0.378 e. The lowest BCUT2D eigenvalue weighted by Gasteiger charge is -2.17. The summed E-state index contributed by atoms with van der Waals surface area (Å²) in [5.74, 6) is 2.19. The first-order valence-corrected chi connectivity index (χ1v) is 6.84. The topological polar surface area (TPSA) is 66.1 Å². The third-order valence-corrected chi connectivity index (χ3v) is 3.84. The number of nitrogens with one attached hydrogen (secondary N) is 2. The maximum Gasteiger partial charge on any atom is 0.244 e. The number of H-pyrrole nitrogens is 1. The highest BCUT2D eigenvalue weighted by Gasteiger charge is 2.29. The van der Waals surface area contributed by atoms with E-state index in [0.717, 1.165) is 57.4 Å². The maximum absolute atomic E-state index is 5.58. The van der Waals surface area contributed by atoms with Crippen LogP contribution in [-0.4, -0.2) is 54.1 Å². The van der Waals surface area contributed by atoms with E-state index in [1.807, 2.05) is 0 Å². The van der Waals surface area contributed by atoms with Crippen molar-refractivity contribution in [3.8, 4) is 0 Å². The van der Waals surface area contributed by atoms with Crippen LogP contribution >= 0.6 is 0 Å². The van der Waals surface area contributed by atoms with Gasteiger partial charge in [-0.1, -0.05) is 0 Å². The van der Waals surface area contributed by atoms with Crippen molar-refractivity contribution in [2.24, 2.45) is 0 Å². The summed E-state index contributed by atoms with van der Waals surface area (Å²) in [7, 11) is 0. The zero-order valence-electron chi connectivity index (χ0n) is 10.9. The second-order valence-electron chi connectivity index (χ2n) is 5.08. The van der Waals surface area contributed by atoms with E-state index in [4.69, 9.17) is 4.74 Å². The van der Waals surface area contributed by atoms with E-state index in [1.165, 1.54) is 0 Å². The van der Waals surface area contributed by atoms with Crippen LogP contribution in [-0.2, 0) is 4.74 Å². The SMILES string of the molecule is CC1OCCC1c1nc(N2CCCNCC2)n[nH]1. The van der Waals surface area contributed by atoms with Crippen LogP contribution in [0.4, 0.5) is 5.95 Å². The van der Waals surface area contributed by atoms with Crippen molar-refractivity contribution < 1.29 is 4.74 Å². The van der Waals surface area contributed by atoms with Crippen molar-refractivity contribution in [3.63, 3.8) is 0 Å². The molecule has 0 spiro atoms. The molecule has 2 saturated heterocycles. The van der Waals surface area contributed by atoms with E-state index < -0.39 is 0 Å². The first-order chi connectivity index (χ1) is 8.84. The highest BCUT2D eigenvalue weighted by molar-refractivity contribution is 5.29. The molecule has 1 aromatic heterocycles. The van der Waals surface area contributed by atoms with Gasteiger partial charge in [0.15, 0.2) is 0 Å². The van der Waals surface area contributed by atoms with Crippen molar-refractivity contribution in [1.82, 2.24) is 20.5 Å². The number of hydrogen-bond donors (Lipinski definition) is 2. The average molecular weight is 251 g/mol. The lowest BCUT2D eigenvalue weighted by Crippen LogP contribution is -2.28. The Labute approximate surface area is 107 Å². The van der Waals surface area contributed by atoms with Crippen molar-refractivity contribution >= 4 is 5.95 Å². The minimum atomic E-state index is 0.247. The summed E-state index contributed by atoms with van der Waals surface area (Å²) in [6.45, 7) is 7.04. The summed E-state index contributed by atoms with van der Waals surface area (Å²) in [4.78, 5) is 6.91. The lowest BCUT2D eigenvalue weighted by atomic mass is 10.0. The zero-order valence-corrected chi connectivity index (χ0v) is 10.9. The van der Waals surface area contributed by atoms with Crippen LogP contribution in [0.5, 0.6) is 0 Å². The van der Waals surface area contributed by atoms with Gasteiger partial charge in [0, 0.05) is 32.2 Å². The minimum absolute atomic E-state index is 0.247. The van der Waals surface area contributed by atoms with Crippen LogP contribution in [0, 0.1) is 0 Å². The Morgan fingerprint density at radius 1 is 1.33 bits per heavy atom. The van der Waals surface area contributed by atoms with Crippen LogP contribution in [0.25, 0.3) is 0 Å². The number of anilines is 1. The predicted molar refractivity (Wildman–Crippen MR) is 68.9 cm³/mol. The fraction of sp³-hybridized carbons (Fsp3) is 0.833. The van der Waals surface area contributed by atoms with Gasteiger partial charge in [0.1, 0.15) is 5.82 Å². The van der Waals surface area contributed by atoms with Gasteiger partial charge in [0.25, 0.3) is 0 Å². The Morgan fingerprint density at radius 2 is 2.28 bits per heavy atom. The van der Waals surface area contributed by atoms with Gasteiger partial charge in [-0.25, -0.2) is 0 Å². The number of rotatable bonds is 2. The molecule has 2 fully saturated rings. The average Bonchev–Trinajstić information content (AvgIpc) is 2.91. The van der Waals surface area contributed by atoms with Crippen LogP contribution in [0.1, 0.15) is 31.5 Å². The Kier molecular flexibility index (Phi) is 3.47. The van der Waals surface area contributed by atoms with Gasteiger partial charge in [-0.15, -0.1) is 5.10 Å². The number of aromatic nitrogens is 3. The molecule has 0 aromatic carbocycles. The first-order valence-electron chi connectivity index (χ1n) is 6.84.